The summed E-state index contributed by atoms with van der Waals surface area (Å²) < 4.78 is 6.19. The number of oxime groups is 1. The van der Waals surface area contributed by atoms with Gasteiger partial charge in [0.25, 0.3) is 11.8 Å². The maximum Gasteiger partial charge on any atom is 0.357 e. The maximum atomic E-state index is 14.4. The number of rotatable bonds is 12. The minimum atomic E-state index is -1.35. The second-order valence-corrected chi connectivity index (χ2v) is 16.4. The number of hydrogen-bond acceptors (Lipinski definition) is 10. The number of thiazole rings is 1. The topological polar surface area (TPSA) is 136 Å². The fourth-order valence-corrected chi connectivity index (χ4v) is 9.45. The molecule has 58 heavy (non-hydrogen) atoms. The monoisotopic (exact) mass is 845 g/mol. The molecule has 3 N–H and O–H groups in total. The van der Waals surface area contributed by atoms with E-state index in [-0.39, 0.29) is 37.4 Å². The highest BCUT2D eigenvalue weighted by atomic mass is 35.5. The first kappa shape index (κ1) is 38.9. The number of β-lactam (4-membered cyclic amide) rings is 1. The zero-order chi connectivity index (χ0) is 40.2. The van der Waals surface area contributed by atoms with E-state index >= 15 is 0 Å². The molecule has 6 aromatic rings. The highest BCUT2D eigenvalue weighted by Crippen LogP contribution is 2.44. The summed E-state index contributed by atoms with van der Waals surface area (Å²) in [4.78, 5) is 54.6. The molecule has 0 spiro atoms. The number of carbonyl (C=O) groups is 3. The van der Waals surface area contributed by atoms with Crippen molar-refractivity contribution in [1.29, 1.82) is 0 Å². The van der Waals surface area contributed by atoms with Crippen molar-refractivity contribution >= 4 is 74.9 Å². The standard InChI is InChI=1S/C44H33Cl2N5O5S2/c45-32-26-57-41-35(40(53)51(41)36(32)42(54)55-37(27-16-6-1-7-17-27)28-18-8-2-9-19-28)48-39(52)34(33-38(46)58-43(47)49-33)50-56-44(29-20-10-3-11-21-29,30-22-12-4-13-23-30)31-24-14-5-15-25-31/h1-25,35,37,41H,26H2,(H2,47,49)(H,48,52)/b50-34+/t35-,41-/m1/s1. The van der Waals surface area contributed by atoms with E-state index in [0.29, 0.717) is 0 Å². The quantitative estimate of drug-likeness (QED) is 0.0413. The number of benzene rings is 5. The normalized spacial score (nSPS) is 16.7. The number of amides is 2. The molecule has 1 saturated heterocycles. The summed E-state index contributed by atoms with van der Waals surface area (Å²) in [7, 11) is 0. The Bertz CT molecular complexity index is 2370. The smallest absolute Gasteiger partial charge is 0.357 e. The van der Waals surface area contributed by atoms with Gasteiger partial charge in [0.1, 0.15) is 27.1 Å². The van der Waals surface area contributed by atoms with Gasteiger partial charge in [0.2, 0.25) is 5.60 Å². The van der Waals surface area contributed by atoms with Crippen LogP contribution in [0.2, 0.25) is 4.34 Å². The van der Waals surface area contributed by atoms with Crippen molar-refractivity contribution in [2.75, 3.05) is 11.5 Å². The van der Waals surface area contributed by atoms with Crippen LogP contribution in [0.1, 0.15) is 39.6 Å². The molecule has 1 fully saturated rings. The van der Waals surface area contributed by atoms with Crippen molar-refractivity contribution in [2.24, 2.45) is 5.16 Å². The molecule has 2 aliphatic rings. The Morgan fingerprint density at radius 3 is 1.74 bits per heavy atom. The lowest BCUT2D eigenvalue weighted by atomic mass is 9.80. The Balaban J connectivity index is 1.11. The van der Waals surface area contributed by atoms with Crippen molar-refractivity contribution in [2.45, 2.75) is 23.1 Å². The number of nitrogens with two attached hydrogens (primary N) is 1. The van der Waals surface area contributed by atoms with Crippen molar-refractivity contribution in [3.8, 4) is 0 Å². The average Bonchev–Trinajstić information content (AvgIpc) is 3.61. The lowest BCUT2D eigenvalue weighted by Gasteiger charge is -2.49. The predicted octanol–water partition coefficient (Wildman–Crippen LogP) is 8.27. The van der Waals surface area contributed by atoms with Crippen LogP contribution in [0.15, 0.2) is 168 Å². The van der Waals surface area contributed by atoms with Crippen molar-refractivity contribution in [1.82, 2.24) is 15.2 Å². The number of esters is 1. The SMILES string of the molecule is Nc1nc(/C(=N\OC(c2ccccc2)(c2ccccc2)c2ccccc2)C(=O)N[C@@H]2C(=O)N3C(C(=O)OC(c4ccccc4)c4ccccc4)=C(Cl)CS[C@H]23)c(Cl)s1. The fraction of sp³-hybridized carbons (Fsp3) is 0.114. The number of fused-ring (bicyclic) bond motifs is 1. The molecular formula is C44H33Cl2N5O5S2. The van der Waals surface area contributed by atoms with Gasteiger partial charge in [0.15, 0.2) is 16.9 Å². The first-order chi connectivity index (χ1) is 28.3. The molecule has 0 saturated carbocycles. The van der Waals surface area contributed by atoms with E-state index < -0.39 is 40.9 Å². The first-order valence-electron chi connectivity index (χ1n) is 18.1. The van der Waals surface area contributed by atoms with Crippen LogP contribution < -0.4 is 11.1 Å². The molecule has 0 unspecified atom stereocenters. The molecule has 3 heterocycles. The highest BCUT2D eigenvalue weighted by Gasteiger charge is 2.55. The van der Waals surface area contributed by atoms with Crippen LogP contribution in [0.5, 0.6) is 0 Å². The second kappa shape index (κ2) is 16.9. The average molecular weight is 847 g/mol. The molecular weight excluding hydrogens is 814 g/mol. The van der Waals surface area contributed by atoms with Gasteiger partial charge in [0.05, 0.1) is 5.03 Å². The molecule has 2 atom stereocenters. The van der Waals surface area contributed by atoms with Crippen molar-refractivity contribution in [3.63, 3.8) is 0 Å². The molecule has 0 radical (unpaired) electrons. The number of nitrogen functional groups attached to an aromatic ring is 1. The molecule has 10 nitrogen and oxygen atoms in total. The highest BCUT2D eigenvalue weighted by molar-refractivity contribution is 8.00. The summed E-state index contributed by atoms with van der Waals surface area (Å²) in [5.41, 5.74) is 7.97. The third-order valence-electron chi connectivity index (χ3n) is 9.69. The zero-order valence-electron chi connectivity index (χ0n) is 30.4. The van der Waals surface area contributed by atoms with Gasteiger partial charge in [-0.15, -0.1) is 11.8 Å². The Hall–Kier alpha value is -5.92. The number of thioether (sulfide) groups is 1. The van der Waals surface area contributed by atoms with Crippen molar-refractivity contribution in [3.05, 3.63) is 200 Å². The van der Waals surface area contributed by atoms with Crippen LogP contribution in [0.4, 0.5) is 5.13 Å². The minimum absolute atomic E-state index is 0.0234. The molecule has 1 aromatic heterocycles. The summed E-state index contributed by atoms with van der Waals surface area (Å²) in [5.74, 6) is -1.94. The van der Waals surface area contributed by atoms with Crippen molar-refractivity contribution < 1.29 is 24.0 Å². The van der Waals surface area contributed by atoms with Crippen LogP contribution in [0.3, 0.4) is 0 Å². The zero-order valence-corrected chi connectivity index (χ0v) is 33.6. The van der Waals surface area contributed by atoms with Crippen LogP contribution in [-0.2, 0) is 29.6 Å². The summed E-state index contributed by atoms with van der Waals surface area (Å²) >= 11 is 15.5. The molecule has 8 rings (SSSR count). The van der Waals surface area contributed by atoms with E-state index in [4.69, 9.17) is 38.5 Å². The lowest BCUT2D eigenvalue weighted by Crippen LogP contribution is -2.71. The second-order valence-electron chi connectivity index (χ2n) is 13.2. The predicted molar refractivity (Wildman–Crippen MR) is 227 cm³/mol. The number of aromatic nitrogens is 1. The van der Waals surface area contributed by atoms with E-state index in [1.54, 1.807) is 0 Å². The Morgan fingerprint density at radius 1 is 0.793 bits per heavy atom. The maximum absolute atomic E-state index is 14.4. The Kier molecular flexibility index (Phi) is 11.3. The van der Waals surface area contributed by atoms with Crippen LogP contribution >= 0.6 is 46.3 Å². The largest absolute Gasteiger partial charge is 0.448 e. The minimum Gasteiger partial charge on any atom is -0.448 e. The molecule has 14 heteroatoms. The van der Waals surface area contributed by atoms with Crippen LogP contribution in [-0.4, -0.2) is 50.5 Å². The molecule has 2 amide bonds. The molecule has 0 aliphatic carbocycles. The molecule has 290 valence electrons. The van der Waals surface area contributed by atoms with Gasteiger partial charge >= 0.3 is 5.97 Å². The van der Waals surface area contributed by atoms with Gasteiger partial charge < -0.3 is 20.6 Å². The number of carbonyl (C=O) groups excluding carboxylic acids is 3. The van der Waals surface area contributed by atoms with Gasteiger partial charge in [-0.3, -0.25) is 14.5 Å². The van der Waals surface area contributed by atoms with Gasteiger partial charge in [-0.05, 0) is 11.1 Å². The molecule has 5 aromatic carbocycles. The number of nitrogens with one attached hydrogen (secondary N) is 1. The van der Waals surface area contributed by atoms with E-state index in [1.807, 2.05) is 152 Å². The number of nitrogens with zero attached hydrogens (tertiary/aromatic N) is 3. The third kappa shape index (κ3) is 7.47. The van der Waals surface area contributed by atoms with E-state index in [1.165, 1.54) is 16.7 Å². The first-order valence-corrected chi connectivity index (χ1v) is 20.7. The van der Waals surface area contributed by atoms with Crippen LogP contribution in [0, 0.1) is 0 Å². The van der Waals surface area contributed by atoms with Gasteiger partial charge in [-0.25, -0.2) is 9.78 Å². The Labute approximate surface area is 352 Å². The molecule has 2 aliphatic heterocycles. The summed E-state index contributed by atoms with van der Waals surface area (Å²) in [6.07, 6.45) is -0.768. The number of hydrogen-bond donors (Lipinski definition) is 2. The lowest BCUT2D eigenvalue weighted by molar-refractivity contribution is -0.154. The number of anilines is 1. The molecule has 0 bridgehead atoms. The Morgan fingerprint density at radius 2 is 1.28 bits per heavy atom. The number of ether oxygens (including phenoxy) is 1. The van der Waals surface area contributed by atoms with Crippen LogP contribution in [0.25, 0.3) is 0 Å². The van der Waals surface area contributed by atoms with E-state index in [0.717, 1.165) is 39.2 Å². The third-order valence-corrected chi connectivity index (χ3v) is 12.5. The summed E-state index contributed by atoms with van der Waals surface area (Å²) in [6, 6.07) is 46.0. The van der Waals surface area contributed by atoms with E-state index in [2.05, 4.69) is 15.5 Å². The summed E-state index contributed by atoms with van der Waals surface area (Å²) in [6.45, 7) is 0. The number of halogens is 2. The van der Waals surface area contributed by atoms with Gasteiger partial charge in [0, 0.05) is 22.4 Å². The summed E-state index contributed by atoms with van der Waals surface area (Å²) in [5, 5.41) is 6.90. The van der Waals surface area contributed by atoms with Gasteiger partial charge in [-0.1, -0.05) is 191 Å². The van der Waals surface area contributed by atoms with Gasteiger partial charge in [-0.2, -0.15) is 0 Å². The van der Waals surface area contributed by atoms with E-state index in [9.17, 15) is 14.4 Å². The fourth-order valence-electron chi connectivity index (χ4n) is 6.97.